The summed E-state index contributed by atoms with van der Waals surface area (Å²) < 4.78 is 0. The minimum absolute atomic E-state index is 0.000703. The number of benzene rings is 2. The highest BCUT2D eigenvalue weighted by atomic mass is 35.5. The molecule has 0 heterocycles. The summed E-state index contributed by atoms with van der Waals surface area (Å²) in [4.78, 5) is 10.7. The molecule has 0 amide bonds. The van der Waals surface area contributed by atoms with Gasteiger partial charge >= 0.3 is 5.97 Å². The zero-order valence-corrected chi connectivity index (χ0v) is 15.2. The van der Waals surface area contributed by atoms with E-state index in [2.05, 4.69) is 10.6 Å². The van der Waals surface area contributed by atoms with Crippen LogP contribution in [0.5, 0.6) is 0 Å². The number of halogens is 1. The van der Waals surface area contributed by atoms with Crippen LogP contribution in [0.25, 0.3) is 0 Å². The lowest BCUT2D eigenvalue weighted by Gasteiger charge is -2.21. The highest BCUT2D eigenvalue weighted by Crippen LogP contribution is 2.36. The molecule has 6 heteroatoms. The average molecular weight is 375 g/mol. The molecule has 5 nitrogen and oxygen atoms in total. The lowest BCUT2D eigenvalue weighted by atomic mass is 10.1. The van der Waals surface area contributed by atoms with Gasteiger partial charge in [0, 0.05) is 29.3 Å². The first-order valence-corrected chi connectivity index (χ1v) is 9.07. The van der Waals surface area contributed by atoms with Crippen LogP contribution < -0.4 is 10.6 Å². The smallest absolute Gasteiger partial charge is 0.307 e. The number of β-amino-alcohol motifs (C(OH)–C–C–N with tert-alkyl or cyclic N) is 1. The molecule has 2 aromatic carbocycles. The van der Waals surface area contributed by atoms with Crippen molar-refractivity contribution in [2.24, 2.45) is 0 Å². The lowest BCUT2D eigenvalue weighted by Crippen LogP contribution is -2.40. The van der Waals surface area contributed by atoms with E-state index < -0.39 is 12.1 Å². The fraction of sp³-hybridized carbons (Fsp3) is 0.350. The van der Waals surface area contributed by atoms with E-state index in [1.165, 1.54) is 0 Å². The Kier molecular flexibility index (Phi) is 5.81. The summed E-state index contributed by atoms with van der Waals surface area (Å²) in [5, 5.41) is 26.6. The van der Waals surface area contributed by atoms with E-state index in [9.17, 15) is 9.90 Å². The number of carbonyl (C=O) groups is 1. The minimum Gasteiger partial charge on any atom is -0.481 e. The van der Waals surface area contributed by atoms with Gasteiger partial charge in [0.2, 0.25) is 0 Å². The van der Waals surface area contributed by atoms with Crippen molar-refractivity contribution in [1.82, 2.24) is 5.32 Å². The van der Waals surface area contributed by atoms with E-state index in [1.54, 1.807) is 12.1 Å². The molecule has 1 aliphatic rings. The van der Waals surface area contributed by atoms with Gasteiger partial charge in [0.05, 0.1) is 12.5 Å². The van der Waals surface area contributed by atoms with Crippen molar-refractivity contribution in [1.29, 1.82) is 0 Å². The Hall–Kier alpha value is -2.08. The van der Waals surface area contributed by atoms with E-state index in [-0.39, 0.29) is 12.0 Å². The number of aliphatic hydroxyl groups excluding tert-OH is 1. The van der Waals surface area contributed by atoms with Crippen molar-refractivity contribution in [3.05, 3.63) is 64.7 Å². The number of aliphatic hydroxyl groups is 1. The number of hydrogen-bond acceptors (Lipinski definition) is 4. The number of rotatable bonds is 9. The maximum atomic E-state index is 10.7. The summed E-state index contributed by atoms with van der Waals surface area (Å²) in [7, 11) is 0. The third-order valence-electron chi connectivity index (χ3n) is 4.70. The Morgan fingerprint density at radius 2 is 1.92 bits per heavy atom. The monoisotopic (exact) mass is 374 g/mol. The molecule has 1 fully saturated rings. The van der Waals surface area contributed by atoms with Gasteiger partial charge in [-0.1, -0.05) is 35.9 Å². The summed E-state index contributed by atoms with van der Waals surface area (Å²) in [6.45, 7) is 1.23. The fourth-order valence-electron chi connectivity index (χ4n) is 2.90. The maximum Gasteiger partial charge on any atom is 0.307 e. The number of carboxylic acid groups (broad SMARTS) is 1. The number of nitrogens with one attached hydrogen (secondary N) is 2. The van der Waals surface area contributed by atoms with Crippen molar-refractivity contribution < 1.29 is 15.0 Å². The molecule has 138 valence electrons. The van der Waals surface area contributed by atoms with Gasteiger partial charge in [-0.2, -0.15) is 0 Å². The van der Waals surface area contributed by atoms with Crippen molar-refractivity contribution in [3.63, 3.8) is 0 Å². The van der Waals surface area contributed by atoms with Crippen LogP contribution in [0.2, 0.25) is 5.02 Å². The standard InChI is InChI=1S/C20H23ClN2O3/c21-16-3-1-2-15(11-16)18(24)12-23-20(8-9-20)13-22-17-6-4-14(5-7-17)10-19(25)26/h1-7,11,18,22-24H,8-10,12-13H2,(H,25,26)/t18-/m0/s1. The molecule has 3 rings (SSSR count). The third-order valence-corrected chi connectivity index (χ3v) is 4.93. The highest BCUT2D eigenvalue weighted by Gasteiger charge is 2.42. The number of aliphatic carboxylic acids is 1. The molecular formula is C20H23ClN2O3. The average Bonchev–Trinajstić information content (AvgIpc) is 3.39. The van der Waals surface area contributed by atoms with Crippen LogP contribution in [0, 0.1) is 0 Å². The van der Waals surface area contributed by atoms with Crippen LogP contribution in [0.3, 0.4) is 0 Å². The molecule has 0 spiro atoms. The predicted octanol–water partition coefficient (Wildman–Crippen LogP) is 3.23. The van der Waals surface area contributed by atoms with Crippen LogP contribution in [0.1, 0.15) is 30.1 Å². The Labute approximate surface area is 158 Å². The number of anilines is 1. The Balaban J connectivity index is 1.48. The lowest BCUT2D eigenvalue weighted by molar-refractivity contribution is -0.136. The zero-order valence-electron chi connectivity index (χ0n) is 14.4. The molecule has 0 radical (unpaired) electrons. The topological polar surface area (TPSA) is 81.6 Å². The molecule has 0 saturated heterocycles. The molecule has 1 atom stereocenters. The van der Waals surface area contributed by atoms with Gasteiger partial charge < -0.3 is 20.8 Å². The molecule has 0 aliphatic heterocycles. The van der Waals surface area contributed by atoms with Crippen LogP contribution >= 0.6 is 11.6 Å². The van der Waals surface area contributed by atoms with Crippen LogP contribution in [0.15, 0.2) is 48.5 Å². The molecule has 0 bridgehead atoms. The molecule has 1 aliphatic carbocycles. The quantitative estimate of drug-likeness (QED) is 0.541. The summed E-state index contributed by atoms with van der Waals surface area (Å²) in [6, 6.07) is 14.7. The summed E-state index contributed by atoms with van der Waals surface area (Å²) >= 11 is 5.97. The molecule has 4 N–H and O–H groups in total. The minimum atomic E-state index is -0.829. The largest absolute Gasteiger partial charge is 0.481 e. The van der Waals surface area contributed by atoms with Crippen molar-refractivity contribution >= 4 is 23.3 Å². The van der Waals surface area contributed by atoms with Crippen LogP contribution in [-0.4, -0.2) is 34.8 Å². The summed E-state index contributed by atoms with van der Waals surface area (Å²) in [5.41, 5.74) is 2.55. The fourth-order valence-corrected chi connectivity index (χ4v) is 3.10. The first kappa shape index (κ1) is 18.7. The van der Waals surface area contributed by atoms with E-state index in [1.807, 2.05) is 36.4 Å². The zero-order chi connectivity index (χ0) is 18.6. The van der Waals surface area contributed by atoms with E-state index >= 15 is 0 Å². The van der Waals surface area contributed by atoms with Gasteiger partial charge in [-0.3, -0.25) is 4.79 Å². The molecule has 26 heavy (non-hydrogen) atoms. The van der Waals surface area contributed by atoms with Gasteiger partial charge in [0.15, 0.2) is 0 Å². The number of carboxylic acids is 1. The Morgan fingerprint density at radius 1 is 1.19 bits per heavy atom. The third kappa shape index (κ3) is 5.21. The maximum absolute atomic E-state index is 10.7. The normalized spacial score (nSPS) is 16.1. The van der Waals surface area contributed by atoms with E-state index in [0.29, 0.717) is 11.6 Å². The second-order valence-electron chi connectivity index (χ2n) is 6.85. The Bertz CT molecular complexity index is 760. The second kappa shape index (κ2) is 8.08. The molecule has 2 aromatic rings. The van der Waals surface area contributed by atoms with Crippen LogP contribution in [0.4, 0.5) is 5.69 Å². The second-order valence-corrected chi connectivity index (χ2v) is 7.29. The van der Waals surface area contributed by atoms with Gasteiger partial charge in [-0.15, -0.1) is 0 Å². The van der Waals surface area contributed by atoms with Crippen LogP contribution in [-0.2, 0) is 11.2 Å². The first-order valence-electron chi connectivity index (χ1n) is 8.69. The first-order chi connectivity index (χ1) is 12.5. The van der Waals surface area contributed by atoms with Gasteiger partial charge in [-0.05, 0) is 48.2 Å². The van der Waals surface area contributed by atoms with Crippen molar-refractivity contribution in [2.75, 3.05) is 18.4 Å². The molecule has 1 saturated carbocycles. The van der Waals surface area contributed by atoms with E-state index in [0.717, 1.165) is 36.2 Å². The molecular weight excluding hydrogens is 352 g/mol. The SMILES string of the molecule is O=C(O)Cc1ccc(NCC2(NC[C@H](O)c3cccc(Cl)c3)CC2)cc1. The van der Waals surface area contributed by atoms with Crippen molar-refractivity contribution in [3.8, 4) is 0 Å². The highest BCUT2D eigenvalue weighted by molar-refractivity contribution is 6.30. The Morgan fingerprint density at radius 3 is 2.54 bits per heavy atom. The summed E-state index contributed by atoms with van der Waals surface area (Å²) in [6.07, 6.45) is 1.55. The van der Waals surface area contributed by atoms with Crippen molar-refractivity contribution in [2.45, 2.75) is 30.9 Å². The number of hydrogen-bond donors (Lipinski definition) is 4. The van der Waals surface area contributed by atoms with Gasteiger partial charge in [0.1, 0.15) is 0 Å². The molecule has 0 unspecified atom stereocenters. The van der Waals surface area contributed by atoms with E-state index in [4.69, 9.17) is 16.7 Å². The summed E-state index contributed by atoms with van der Waals surface area (Å²) in [5.74, 6) is -0.829. The predicted molar refractivity (Wildman–Crippen MR) is 103 cm³/mol. The van der Waals surface area contributed by atoms with Gasteiger partial charge in [0.25, 0.3) is 0 Å². The van der Waals surface area contributed by atoms with Gasteiger partial charge in [-0.25, -0.2) is 0 Å². The molecule has 0 aromatic heterocycles.